The van der Waals surface area contributed by atoms with Crippen LogP contribution >= 0.6 is 23.1 Å². The van der Waals surface area contributed by atoms with Crippen LogP contribution in [0.5, 0.6) is 0 Å². The van der Waals surface area contributed by atoms with Gasteiger partial charge in [-0.1, -0.05) is 42.1 Å². The molecule has 0 aliphatic carbocycles. The zero-order valence-electron chi connectivity index (χ0n) is 15.5. The van der Waals surface area contributed by atoms with Gasteiger partial charge in [0.1, 0.15) is 10.6 Å². The van der Waals surface area contributed by atoms with Crippen LogP contribution in [0.3, 0.4) is 0 Å². The molecule has 8 heteroatoms. The first-order valence-electron chi connectivity index (χ1n) is 8.83. The van der Waals surface area contributed by atoms with Crippen molar-refractivity contribution >= 4 is 50.8 Å². The van der Waals surface area contributed by atoms with E-state index in [0.717, 1.165) is 27.8 Å². The van der Waals surface area contributed by atoms with E-state index in [0.29, 0.717) is 10.6 Å². The van der Waals surface area contributed by atoms with E-state index in [4.69, 9.17) is 10.1 Å². The lowest BCUT2D eigenvalue weighted by Crippen LogP contribution is -2.21. The molecule has 1 amide bonds. The lowest BCUT2D eigenvalue weighted by atomic mass is 10.0. The third-order valence-corrected chi connectivity index (χ3v) is 6.39. The lowest BCUT2D eigenvalue weighted by Gasteiger charge is -2.10. The average molecular weight is 417 g/mol. The number of anilines is 1. The number of hydrogen-bond donors (Lipinski definition) is 2. The summed E-state index contributed by atoms with van der Waals surface area (Å²) >= 11 is 2.43. The van der Waals surface area contributed by atoms with Gasteiger partial charge in [-0.2, -0.15) is 0 Å². The Balaban J connectivity index is 1.90. The summed E-state index contributed by atoms with van der Waals surface area (Å²) in [5, 5.41) is 10.5. The summed E-state index contributed by atoms with van der Waals surface area (Å²) in [6.07, 6.45) is 0.0682. The molecule has 1 unspecified atom stereocenters. The highest BCUT2D eigenvalue weighted by Gasteiger charge is 2.32. The highest BCUT2D eigenvalue weighted by atomic mass is 32.2. The third kappa shape index (κ3) is 4.34. The van der Waals surface area contributed by atoms with Crippen molar-refractivity contribution in [3.05, 3.63) is 40.8 Å². The smallest absolute Gasteiger partial charge is 0.341 e. The molecule has 1 fully saturated rings. The van der Waals surface area contributed by atoms with Crippen molar-refractivity contribution in [1.29, 1.82) is 5.41 Å². The van der Waals surface area contributed by atoms with E-state index < -0.39 is 11.2 Å². The Morgan fingerprint density at radius 1 is 1.29 bits per heavy atom. The summed E-state index contributed by atoms with van der Waals surface area (Å²) in [6.45, 7) is 3.85. The number of Topliss-reactive ketones (excluding diaryl/α,β-unsaturated/α-hetero) is 1. The first-order chi connectivity index (χ1) is 13.4. The van der Waals surface area contributed by atoms with E-state index in [-0.39, 0.29) is 36.2 Å². The van der Waals surface area contributed by atoms with Crippen molar-refractivity contribution in [3.63, 3.8) is 0 Å². The molecule has 2 heterocycles. The second kappa shape index (κ2) is 8.70. The summed E-state index contributed by atoms with van der Waals surface area (Å²) < 4.78 is 5.22. The molecule has 146 valence electrons. The van der Waals surface area contributed by atoms with E-state index in [1.807, 2.05) is 37.3 Å². The van der Waals surface area contributed by atoms with Gasteiger partial charge in [-0.25, -0.2) is 4.79 Å². The van der Waals surface area contributed by atoms with Crippen LogP contribution in [0.25, 0.3) is 11.1 Å². The van der Waals surface area contributed by atoms with Crippen molar-refractivity contribution in [3.8, 4) is 11.1 Å². The topological polar surface area (TPSA) is 96.3 Å². The molecule has 2 aromatic rings. The Labute approximate surface area is 171 Å². The molecule has 28 heavy (non-hydrogen) atoms. The van der Waals surface area contributed by atoms with Gasteiger partial charge < -0.3 is 10.1 Å². The van der Waals surface area contributed by atoms with E-state index in [1.165, 1.54) is 11.3 Å². The van der Waals surface area contributed by atoms with Crippen molar-refractivity contribution in [2.24, 2.45) is 0 Å². The van der Waals surface area contributed by atoms with Crippen LogP contribution in [-0.4, -0.2) is 34.6 Å². The van der Waals surface area contributed by atoms with Crippen LogP contribution in [0.4, 0.5) is 5.00 Å². The van der Waals surface area contributed by atoms with Crippen molar-refractivity contribution in [2.75, 3.05) is 11.9 Å². The lowest BCUT2D eigenvalue weighted by molar-refractivity contribution is -0.121. The van der Waals surface area contributed by atoms with Gasteiger partial charge in [0, 0.05) is 16.9 Å². The Morgan fingerprint density at radius 2 is 2.00 bits per heavy atom. The highest BCUT2D eigenvalue weighted by molar-refractivity contribution is 8.15. The van der Waals surface area contributed by atoms with E-state index in [9.17, 15) is 14.4 Å². The number of rotatable bonds is 6. The molecule has 0 saturated carbocycles. The molecule has 0 radical (unpaired) electrons. The quantitative estimate of drug-likeness (QED) is 0.685. The summed E-state index contributed by atoms with van der Waals surface area (Å²) in [5.74, 6) is -0.954. The molecule has 1 aromatic heterocycles. The van der Waals surface area contributed by atoms with Crippen molar-refractivity contribution < 1.29 is 19.1 Å². The molecule has 1 aliphatic heterocycles. The number of esters is 1. The Bertz CT molecular complexity index is 937. The third-order valence-electron chi connectivity index (χ3n) is 4.23. The van der Waals surface area contributed by atoms with Crippen molar-refractivity contribution in [1.82, 2.24) is 0 Å². The molecular weight excluding hydrogens is 396 g/mol. The minimum absolute atomic E-state index is 0.0221. The number of nitrogens with one attached hydrogen (secondary N) is 2. The first kappa shape index (κ1) is 20.3. The molecule has 0 spiro atoms. The Morgan fingerprint density at radius 3 is 2.61 bits per heavy atom. The molecule has 1 aromatic carbocycles. The average Bonchev–Trinajstić information content (AvgIpc) is 3.13. The van der Waals surface area contributed by atoms with Crippen LogP contribution in [0, 0.1) is 12.3 Å². The molecule has 1 aliphatic rings. The number of amides is 1. The number of carbonyl (C=O) groups excluding carboxylic acids is 3. The minimum Gasteiger partial charge on any atom is -0.462 e. The molecule has 3 rings (SSSR count). The van der Waals surface area contributed by atoms with Gasteiger partial charge in [-0.05, 0) is 19.4 Å². The number of benzene rings is 1. The molecular formula is C20H20N2O4S2. The van der Waals surface area contributed by atoms with E-state index >= 15 is 0 Å². The molecule has 1 atom stereocenters. The molecule has 6 nitrogen and oxygen atoms in total. The predicted molar refractivity (Wildman–Crippen MR) is 112 cm³/mol. The highest BCUT2D eigenvalue weighted by Crippen LogP contribution is 2.40. The zero-order chi connectivity index (χ0) is 20.3. The van der Waals surface area contributed by atoms with Gasteiger partial charge in [0.25, 0.3) is 0 Å². The van der Waals surface area contributed by atoms with Gasteiger partial charge in [-0.3, -0.25) is 15.0 Å². The van der Waals surface area contributed by atoms with Crippen LogP contribution < -0.4 is 5.32 Å². The number of thioether (sulfide) groups is 1. The summed E-state index contributed by atoms with van der Waals surface area (Å²) in [6, 6.07) is 9.48. The standard InChI is InChI=1S/C20H20N2O4S2/c1-3-26-20(25)18-17(12-7-5-4-6-8-12)11(2)27-19(18)22-16(24)10-14-13(23)9-15(21)28-14/h4-8,14,21H,3,9-10H2,1-2H3,(H,22,24). The monoisotopic (exact) mass is 416 g/mol. The van der Waals surface area contributed by atoms with Gasteiger partial charge in [-0.15, -0.1) is 11.3 Å². The second-order valence-electron chi connectivity index (χ2n) is 6.25. The summed E-state index contributed by atoms with van der Waals surface area (Å²) in [5.41, 5.74) is 1.95. The number of hydrogen-bond acceptors (Lipinski definition) is 7. The second-order valence-corrected chi connectivity index (χ2v) is 8.77. The van der Waals surface area contributed by atoms with E-state index in [1.54, 1.807) is 6.92 Å². The molecule has 2 N–H and O–H groups in total. The minimum atomic E-state index is -0.534. The van der Waals surface area contributed by atoms with Crippen LogP contribution in [0.1, 0.15) is 35.0 Å². The predicted octanol–water partition coefficient (Wildman–Crippen LogP) is 4.28. The number of carbonyl (C=O) groups is 3. The fourth-order valence-electron chi connectivity index (χ4n) is 3.04. The number of thiophene rings is 1. The Hall–Kier alpha value is -2.45. The SMILES string of the molecule is CCOC(=O)c1c(NC(=O)CC2SC(=N)CC2=O)sc(C)c1-c1ccccc1. The maximum Gasteiger partial charge on any atom is 0.341 e. The number of aryl methyl sites for hydroxylation is 1. The first-order valence-corrected chi connectivity index (χ1v) is 10.5. The normalized spacial score (nSPS) is 16.3. The van der Waals surface area contributed by atoms with Crippen LogP contribution in [0.2, 0.25) is 0 Å². The summed E-state index contributed by atoms with van der Waals surface area (Å²) in [7, 11) is 0. The van der Waals surface area contributed by atoms with Crippen LogP contribution in [0.15, 0.2) is 30.3 Å². The van der Waals surface area contributed by atoms with Gasteiger partial charge in [0.15, 0.2) is 5.78 Å². The Kier molecular flexibility index (Phi) is 6.31. The van der Waals surface area contributed by atoms with Gasteiger partial charge >= 0.3 is 5.97 Å². The van der Waals surface area contributed by atoms with E-state index in [2.05, 4.69) is 5.32 Å². The fraction of sp³-hybridized carbons (Fsp3) is 0.300. The fourth-order valence-corrected chi connectivity index (χ4v) is 5.13. The number of ketones is 1. The molecule has 1 saturated heterocycles. The van der Waals surface area contributed by atoms with Gasteiger partial charge in [0.05, 0.1) is 23.3 Å². The van der Waals surface area contributed by atoms with Gasteiger partial charge in [0.2, 0.25) is 5.91 Å². The maximum atomic E-state index is 12.6. The maximum absolute atomic E-state index is 12.6. The number of ether oxygens (including phenoxy) is 1. The summed E-state index contributed by atoms with van der Waals surface area (Å²) in [4.78, 5) is 37.9. The zero-order valence-corrected chi connectivity index (χ0v) is 17.2. The van der Waals surface area contributed by atoms with Crippen LogP contribution in [-0.2, 0) is 14.3 Å². The van der Waals surface area contributed by atoms with Crippen molar-refractivity contribution in [2.45, 2.75) is 31.9 Å². The molecule has 0 bridgehead atoms. The largest absolute Gasteiger partial charge is 0.462 e.